The number of nitrogens with zero attached hydrogens (tertiary/aromatic N) is 1. The molecule has 2 amide bonds. The summed E-state index contributed by atoms with van der Waals surface area (Å²) in [5.74, 6) is 0.422. The maximum absolute atomic E-state index is 13.5. The van der Waals surface area contributed by atoms with Crippen molar-refractivity contribution in [3.05, 3.63) is 87.6 Å². The molecule has 33 heavy (non-hydrogen) atoms. The zero-order chi connectivity index (χ0) is 23.6. The molecular weight excluding hydrogens is 436 g/mol. The van der Waals surface area contributed by atoms with Crippen molar-refractivity contribution in [2.45, 2.75) is 25.9 Å². The largest absolute Gasteiger partial charge is 0.497 e. The van der Waals surface area contributed by atoms with Gasteiger partial charge in [-0.05, 0) is 47.2 Å². The van der Waals surface area contributed by atoms with E-state index in [4.69, 9.17) is 9.47 Å². The number of thiophene rings is 1. The molecule has 1 heterocycles. The molecule has 174 valence electrons. The van der Waals surface area contributed by atoms with Gasteiger partial charge < -0.3 is 19.7 Å². The van der Waals surface area contributed by atoms with E-state index >= 15 is 0 Å². The Kier molecular flexibility index (Phi) is 9.04. The molecule has 3 aromatic rings. The topological polar surface area (TPSA) is 67.9 Å². The van der Waals surface area contributed by atoms with Gasteiger partial charge in [0.2, 0.25) is 11.8 Å². The minimum atomic E-state index is -0.757. The van der Waals surface area contributed by atoms with E-state index in [1.807, 2.05) is 73.0 Å². The van der Waals surface area contributed by atoms with E-state index in [2.05, 4.69) is 5.32 Å². The zero-order valence-electron chi connectivity index (χ0n) is 19.2. The smallest absolute Gasteiger partial charge is 0.247 e. The highest BCUT2D eigenvalue weighted by Gasteiger charge is 2.32. The molecule has 0 radical (unpaired) electrons. The van der Waals surface area contributed by atoms with Gasteiger partial charge in [0.15, 0.2) is 0 Å². The lowest BCUT2D eigenvalue weighted by Crippen LogP contribution is -2.45. The number of benzene rings is 2. The fourth-order valence-corrected chi connectivity index (χ4v) is 4.32. The summed E-state index contributed by atoms with van der Waals surface area (Å²) in [6, 6.07) is 18.3. The first-order valence-corrected chi connectivity index (χ1v) is 11.7. The van der Waals surface area contributed by atoms with Gasteiger partial charge in [0.1, 0.15) is 11.8 Å². The number of amides is 2. The highest BCUT2D eigenvalue weighted by molar-refractivity contribution is 7.10. The first kappa shape index (κ1) is 24.5. The third-order valence-corrected chi connectivity index (χ3v) is 6.31. The second-order valence-electron chi connectivity index (χ2n) is 7.66. The second-order valence-corrected chi connectivity index (χ2v) is 8.69. The number of nitrogens with one attached hydrogen (secondary N) is 1. The molecule has 6 nitrogen and oxygen atoms in total. The van der Waals surface area contributed by atoms with Gasteiger partial charge in [-0.25, -0.2) is 0 Å². The molecule has 0 bridgehead atoms. The maximum atomic E-state index is 13.5. The summed E-state index contributed by atoms with van der Waals surface area (Å²) < 4.78 is 10.5. The molecule has 0 aliphatic rings. The quantitative estimate of drug-likeness (QED) is 0.461. The van der Waals surface area contributed by atoms with E-state index in [1.165, 1.54) is 11.3 Å². The normalized spacial score (nSPS) is 11.6. The highest BCUT2D eigenvalue weighted by Crippen LogP contribution is 2.26. The van der Waals surface area contributed by atoms with Crippen molar-refractivity contribution in [2.75, 3.05) is 27.4 Å². The monoisotopic (exact) mass is 466 g/mol. The van der Waals surface area contributed by atoms with Crippen LogP contribution in [0.5, 0.6) is 5.75 Å². The number of hydrogen-bond acceptors (Lipinski definition) is 5. The van der Waals surface area contributed by atoms with Crippen LogP contribution in [0, 0.1) is 6.92 Å². The molecule has 1 N–H and O–H groups in total. The average Bonchev–Trinajstić information content (AvgIpc) is 3.34. The summed E-state index contributed by atoms with van der Waals surface area (Å²) in [6.45, 7) is 2.96. The first-order valence-electron chi connectivity index (χ1n) is 10.8. The fraction of sp³-hybridized carbons (Fsp3) is 0.308. The Morgan fingerprint density at radius 3 is 2.42 bits per heavy atom. The summed E-state index contributed by atoms with van der Waals surface area (Å²) >= 11 is 1.53. The van der Waals surface area contributed by atoms with Gasteiger partial charge in [-0.2, -0.15) is 0 Å². The molecule has 7 heteroatoms. The average molecular weight is 467 g/mol. The Hall–Kier alpha value is -3.16. The Balaban J connectivity index is 1.87. The van der Waals surface area contributed by atoms with Gasteiger partial charge in [0, 0.05) is 25.1 Å². The van der Waals surface area contributed by atoms with Crippen LogP contribution in [-0.4, -0.2) is 44.1 Å². The van der Waals surface area contributed by atoms with Gasteiger partial charge in [-0.3, -0.25) is 9.59 Å². The number of methoxy groups -OCH3 is 2. The van der Waals surface area contributed by atoms with Crippen molar-refractivity contribution < 1.29 is 19.1 Å². The van der Waals surface area contributed by atoms with Crippen LogP contribution in [0.3, 0.4) is 0 Å². The number of carbonyl (C=O) groups is 2. The number of aryl methyl sites for hydroxylation is 1. The number of carbonyl (C=O) groups excluding carboxylic acids is 2. The molecule has 0 fully saturated rings. The summed E-state index contributed by atoms with van der Waals surface area (Å²) in [6.07, 6.45) is 0.246. The van der Waals surface area contributed by atoms with Crippen molar-refractivity contribution in [1.82, 2.24) is 10.2 Å². The number of ether oxygens (including phenoxy) is 2. The molecule has 0 saturated heterocycles. The first-order chi connectivity index (χ1) is 16.0. The minimum absolute atomic E-state index is 0.109. The van der Waals surface area contributed by atoms with Crippen LogP contribution >= 0.6 is 11.3 Å². The lowest BCUT2D eigenvalue weighted by molar-refractivity contribution is -0.141. The van der Waals surface area contributed by atoms with E-state index in [9.17, 15) is 9.59 Å². The van der Waals surface area contributed by atoms with Crippen molar-refractivity contribution >= 4 is 23.2 Å². The van der Waals surface area contributed by atoms with Crippen molar-refractivity contribution in [1.29, 1.82) is 0 Å². The van der Waals surface area contributed by atoms with Crippen LogP contribution in [-0.2, 0) is 27.3 Å². The molecule has 1 atom stereocenters. The standard InChI is InChI=1S/C26H30N2O4S/c1-19-7-4-5-9-23(19)25(26(30)27-18-20-10-12-21(32-3)13-11-20)28(14-15-31-2)24(29)17-22-8-6-16-33-22/h4-13,16,25H,14-15,17-18H2,1-3H3,(H,27,30)/t25-/m1/s1. The van der Waals surface area contributed by atoms with E-state index in [-0.39, 0.29) is 18.2 Å². The SMILES string of the molecule is COCCN(C(=O)Cc1cccs1)[C@@H](C(=O)NCc1ccc(OC)cc1)c1ccccc1C. The molecule has 3 rings (SSSR count). The zero-order valence-corrected chi connectivity index (χ0v) is 20.1. The fourth-order valence-electron chi connectivity index (χ4n) is 3.62. The van der Waals surface area contributed by atoms with Crippen LogP contribution < -0.4 is 10.1 Å². The molecule has 0 aliphatic carbocycles. The summed E-state index contributed by atoms with van der Waals surface area (Å²) in [5, 5.41) is 4.97. The van der Waals surface area contributed by atoms with Crippen molar-refractivity contribution in [2.24, 2.45) is 0 Å². The summed E-state index contributed by atoms with van der Waals surface area (Å²) in [4.78, 5) is 29.5. The van der Waals surface area contributed by atoms with Crippen LogP contribution in [0.25, 0.3) is 0 Å². The molecule has 0 aliphatic heterocycles. The Labute approximate surface area is 199 Å². The molecule has 2 aromatic carbocycles. The van der Waals surface area contributed by atoms with Gasteiger partial charge in [0.25, 0.3) is 0 Å². The van der Waals surface area contributed by atoms with E-state index in [1.54, 1.807) is 19.1 Å². The second kappa shape index (κ2) is 12.2. The van der Waals surface area contributed by atoms with Crippen molar-refractivity contribution in [3.63, 3.8) is 0 Å². The molecular formula is C26H30N2O4S. The Morgan fingerprint density at radius 2 is 1.79 bits per heavy atom. The predicted octanol–water partition coefficient (Wildman–Crippen LogP) is 4.14. The maximum Gasteiger partial charge on any atom is 0.247 e. The predicted molar refractivity (Wildman–Crippen MR) is 130 cm³/mol. The van der Waals surface area contributed by atoms with Gasteiger partial charge in [0.05, 0.1) is 20.1 Å². The van der Waals surface area contributed by atoms with Crippen LogP contribution in [0.15, 0.2) is 66.0 Å². The number of hydrogen-bond donors (Lipinski definition) is 1. The van der Waals surface area contributed by atoms with Crippen LogP contribution in [0.1, 0.15) is 27.6 Å². The van der Waals surface area contributed by atoms with Gasteiger partial charge in [-0.1, -0.05) is 42.5 Å². The molecule has 0 unspecified atom stereocenters. The highest BCUT2D eigenvalue weighted by atomic mass is 32.1. The minimum Gasteiger partial charge on any atom is -0.497 e. The lowest BCUT2D eigenvalue weighted by atomic mass is 9.98. The molecule has 1 aromatic heterocycles. The third-order valence-electron chi connectivity index (χ3n) is 5.43. The van der Waals surface area contributed by atoms with E-state index in [0.29, 0.717) is 19.7 Å². The third kappa shape index (κ3) is 6.66. The van der Waals surface area contributed by atoms with E-state index in [0.717, 1.165) is 27.3 Å². The van der Waals surface area contributed by atoms with E-state index < -0.39 is 6.04 Å². The Morgan fingerprint density at radius 1 is 1.03 bits per heavy atom. The summed E-state index contributed by atoms with van der Waals surface area (Å²) in [5.41, 5.74) is 2.70. The van der Waals surface area contributed by atoms with Gasteiger partial charge in [-0.15, -0.1) is 11.3 Å². The summed E-state index contributed by atoms with van der Waals surface area (Å²) in [7, 11) is 3.21. The lowest BCUT2D eigenvalue weighted by Gasteiger charge is -2.32. The van der Waals surface area contributed by atoms with Crippen molar-refractivity contribution in [3.8, 4) is 5.75 Å². The van der Waals surface area contributed by atoms with Gasteiger partial charge >= 0.3 is 0 Å². The molecule has 0 spiro atoms. The number of rotatable bonds is 11. The Bertz CT molecular complexity index is 1030. The van der Waals surface area contributed by atoms with Crippen LogP contribution in [0.4, 0.5) is 0 Å². The van der Waals surface area contributed by atoms with Crippen LogP contribution in [0.2, 0.25) is 0 Å². The molecule has 0 saturated carbocycles.